The molecule has 3 rings (SSSR count). The second-order valence-electron chi connectivity index (χ2n) is 4.76. The molecule has 0 bridgehead atoms. The summed E-state index contributed by atoms with van der Waals surface area (Å²) >= 11 is 0. The van der Waals surface area contributed by atoms with Crippen LogP contribution in [0.4, 0.5) is 14.5 Å². The number of benzene rings is 1. The Morgan fingerprint density at radius 1 is 1.17 bits per heavy atom. The molecule has 24 heavy (non-hydrogen) atoms. The molecule has 0 unspecified atom stereocenters. The third-order valence-electron chi connectivity index (χ3n) is 3.20. The van der Waals surface area contributed by atoms with E-state index in [0.717, 1.165) is 0 Å². The SMILES string of the molecule is O=C(Nc1ccc(OC(F)F)cc1)c1cnc2ccccn2c1=O. The van der Waals surface area contributed by atoms with Gasteiger partial charge in [0.05, 0.1) is 0 Å². The van der Waals surface area contributed by atoms with Crippen molar-refractivity contribution >= 4 is 17.2 Å². The zero-order valence-corrected chi connectivity index (χ0v) is 12.1. The van der Waals surface area contributed by atoms with Crippen molar-refractivity contribution in [2.75, 3.05) is 5.32 Å². The van der Waals surface area contributed by atoms with Crippen molar-refractivity contribution < 1.29 is 18.3 Å². The molecule has 0 radical (unpaired) electrons. The average molecular weight is 331 g/mol. The summed E-state index contributed by atoms with van der Waals surface area (Å²) in [6.07, 6.45) is 2.71. The number of anilines is 1. The smallest absolute Gasteiger partial charge is 0.387 e. The summed E-state index contributed by atoms with van der Waals surface area (Å²) in [5, 5.41) is 2.51. The molecular weight excluding hydrogens is 320 g/mol. The van der Waals surface area contributed by atoms with E-state index in [4.69, 9.17) is 0 Å². The van der Waals surface area contributed by atoms with Crippen LogP contribution >= 0.6 is 0 Å². The van der Waals surface area contributed by atoms with Crippen LogP contribution < -0.4 is 15.6 Å². The lowest BCUT2D eigenvalue weighted by Crippen LogP contribution is -2.26. The minimum Gasteiger partial charge on any atom is -0.435 e. The van der Waals surface area contributed by atoms with E-state index >= 15 is 0 Å². The van der Waals surface area contributed by atoms with Crippen molar-refractivity contribution in [1.82, 2.24) is 9.38 Å². The minimum atomic E-state index is -2.92. The normalized spacial score (nSPS) is 10.8. The molecular formula is C16H11F2N3O3. The third-order valence-corrected chi connectivity index (χ3v) is 3.20. The van der Waals surface area contributed by atoms with Crippen LogP contribution in [0.15, 0.2) is 59.7 Å². The molecule has 0 spiro atoms. The van der Waals surface area contributed by atoms with Crippen LogP contribution in [0.3, 0.4) is 0 Å². The van der Waals surface area contributed by atoms with Gasteiger partial charge in [-0.3, -0.25) is 14.0 Å². The first-order valence-electron chi connectivity index (χ1n) is 6.87. The Kier molecular flexibility index (Phi) is 4.19. The van der Waals surface area contributed by atoms with Gasteiger partial charge in [0.15, 0.2) is 0 Å². The highest BCUT2D eigenvalue weighted by Gasteiger charge is 2.13. The zero-order chi connectivity index (χ0) is 17.1. The fourth-order valence-corrected chi connectivity index (χ4v) is 2.10. The number of fused-ring (bicyclic) bond motifs is 1. The van der Waals surface area contributed by atoms with Crippen molar-refractivity contribution in [1.29, 1.82) is 0 Å². The molecule has 6 nitrogen and oxygen atoms in total. The van der Waals surface area contributed by atoms with Gasteiger partial charge in [-0.05, 0) is 36.4 Å². The highest BCUT2D eigenvalue weighted by molar-refractivity contribution is 6.03. The van der Waals surface area contributed by atoms with E-state index < -0.39 is 18.1 Å². The lowest BCUT2D eigenvalue weighted by atomic mass is 10.2. The maximum atomic E-state index is 12.3. The van der Waals surface area contributed by atoms with Gasteiger partial charge in [-0.1, -0.05) is 6.07 Å². The molecule has 122 valence electrons. The molecule has 1 amide bonds. The highest BCUT2D eigenvalue weighted by Crippen LogP contribution is 2.18. The summed E-state index contributed by atoms with van der Waals surface area (Å²) in [7, 11) is 0. The van der Waals surface area contributed by atoms with Gasteiger partial charge >= 0.3 is 6.61 Å². The van der Waals surface area contributed by atoms with E-state index in [9.17, 15) is 18.4 Å². The lowest BCUT2D eigenvalue weighted by Gasteiger charge is -2.08. The Morgan fingerprint density at radius 3 is 2.62 bits per heavy atom. The molecule has 1 aromatic carbocycles. The summed E-state index contributed by atoms with van der Waals surface area (Å²) in [5.41, 5.74) is 0.120. The molecule has 0 aliphatic carbocycles. The van der Waals surface area contributed by atoms with Crippen molar-refractivity contribution in [3.05, 3.63) is 70.8 Å². The molecule has 8 heteroatoms. The number of rotatable bonds is 4. The molecule has 0 atom stereocenters. The monoisotopic (exact) mass is 331 g/mol. The van der Waals surface area contributed by atoms with Crippen LogP contribution in [0.2, 0.25) is 0 Å². The van der Waals surface area contributed by atoms with Crippen LogP contribution in [0, 0.1) is 0 Å². The molecule has 0 fully saturated rings. The lowest BCUT2D eigenvalue weighted by molar-refractivity contribution is -0.0498. The number of pyridine rings is 1. The van der Waals surface area contributed by atoms with Crippen LogP contribution in [0.25, 0.3) is 5.65 Å². The van der Waals surface area contributed by atoms with Crippen LogP contribution in [0.5, 0.6) is 5.75 Å². The van der Waals surface area contributed by atoms with Crippen molar-refractivity contribution in [3.8, 4) is 5.75 Å². The predicted octanol–water partition coefficient (Wildman–Crippen LogP) is 2.55. The van der Waals surface area contributed by atoms with E-state index in [1.807, 2.05) is 0 Å². The Bertz CT molecular complexity index is 939. The summed E-state index contributed by atoms with van der Waals surface area (Å²) < 4.78 is 29.7. The van der Waals surface area contributed by atoms with E-state index in [0.29, 0.717) is 11.3 Å². The number of alkyl halides is 2. The molecule has 0 saturated carbocycles. The minimum absolute atomic E-state index is 0.0320. The largest absolute Gasteiger partial charge is 0.435 e. The van der Waals surface area contributed by atoms with E-state index in [-0.39, 0.29) is 11.3 Å². The van der Waals surface area contributed by atoms with Gasteiger partial charge in [0.1, 0.15) is 17.0 Å². The number of hydrogen-bond donors (Lipinski definition) is 1. The molecule has 0 saturated heterocycles. The van der Waals surface area contributed by atoms with E-state index in [1.165, 1.54) is 41.1 Å². The number of hydrogen-bond acceptors (Lipinski definition) is 4. The van der Waals surface area contributed by atoms with Gasteiger partial charge < -0.3 is 10.1 Å². The zero-order valence-electron chi connectivity index (χ0n) is 12.1. The van der Waals surface area contributed by atoms with Crippen LogP contribution in [-0.2, 0) is 0 Å². The van der Waals surface area contributed by atoms with Crippen molar-refractivity contribution in [2.45, 2.75) is 6.61 Å². The first-order chi connectivity index (χ1) is 11.5. The number of ether oxygens (including phenoxy) is 1. The van der Waals surface area contributed by atoms with Crippen molar-refractivity contribution in [3.63, 3.8) is 0 Å². The molecule has 3 aromatic rings. The second kappa shape index (κ2) is 6.45. The topological polar surface area (TPSA) is 72.7 Å². The summed E-state index contributed by atoms with van der Waals surface area (Å²) in [6.45, 7) is -2.92. The fourth-order valence-electron chi connectivity index (χ4n) is 2.10. The standard InChI is InChI=1S/C16H11F2N3O3/c17-16(18)24-11-6-4-10(5-7-11)20-14(22)12-9-19-13-3-1-2-8-21(13)15(12)23/h1-9,16H,(H,20,22). The predicted molar refractivity (Wildman–Crippen MR) is 82.5 cm³/mol. The Hall–Kier alpha value is -3.29. The maximum Gasteiger partial charge on any atom is 0.387 e. The summed E-state index contributed by atoms with van der Waals surface area (Å²) in [6, 6.07) is 10.4. The summed E-state index contributed by atoms with van der Waals surface area (Å²) in [4.78, 5) is 28.6. The molecule has 0 aliphatic heterocycles. The third kappa shape index (κ3) is 3.22. The van der Waals surface area contributed by atoms with Gasteiger partial charge in [-0.15, -0.1) is 0 Å². The number of carbonyl (C=O) groups excluding carboxylic acids is 1. The number of nitrogens with zero attached hydrogens (tertiary/aromatic N) is 2. The first-order valence-corrected chi connectivity index (χ1v) is 6.87. The number of halogens is 2. The van der Waals surface area contributed by atoms with Gasteiger partial charge in [-0.2, -0.15) is 8.78 Å². The molecule has 2 heterocycles. The van der Waals surface area contributed by atoms with Gasteiger partial charge in [-0.25, -0.2) is 4.98 Å². The number of carbonyl (C=O) groups is 1. The van der Waals surface area contributed by atoms with Gasteiger partial charge in [0.2, 0.25) is 0 Å². The van der Waals surface area contributed by atoms with E-state index in [1.54, 1.807) is 18.2 Å². The van der Waals surface area contributed by atoms with E-state index in [2.05, 4.69) is 15.0 Å². The number of aromatic nitrogens is 2. The molecule has 0 aliphatic rings. The number of amides is 1. The second-order valence-corrected chi connectivity index (χ2v) is 4.76. The Balaban J connectivity index is 1.82. The highest BCUT2D eigenvalue weighted by atomic mass is 19.3. The summed E-state index contributed by atoms with van der Waals surface area (Å²) in [5.74, 6) is -0.677. The Labute approximate surface area is 134 Å². The van der Waals surface area contributed by atoms with Crippen LogP contribution in [0.1, 0.15) is 10.4 Å². The first kappa shape index (κ1) is 15.6. The quantitative estimate of drug-likeness (QED) is 0.797. The molecule has 1 N–H and O–H groups in total. The Morgan fingerprint density at radius 2 is 1.92 bits per heavy atom. The fraction of sp³-hybridized carbons (Fsp3) is 0.0625. The van der Waals surface area contributed by atoms with Crippen LogP contribution in [-0.4, -0.2) is 21.9 Å². The molecule has 2 aromatic heterocycles. The average Bonchev–Trinajstić information content (AvgIpc) is 2.56. The van der Waals surface area contributed by atoms with Gasteiger partial charge in [0, 0.05) is 18.1 Å². The van der Waals surface area contributed by atoms with Crippen molar-refractivity contribution in [2.24, 2.45) is 0 Å². The number of nitrogens with one attached hydrogen (secondary N) is 1. The maximum absolute atomic E-state index is 12.3. The van der Waals surface area contributed by atoms with Gasteiger partial charge in [0.25, 0.3) is 11.5 Å².